The summed E-state index contributed by atoms with van der Waals surface area (Å²) in [6.45, 7) is 0. The Hall–Kier alpha value is -1.32. The summed E-state index contributed by atoms with van der Waals surface area (Å²) in [5, 5.41) is 0. The number of nitrogens with zero attached hydrogens (tertiary/aromatic N) is 2. The van der Waals surface area contributed by atoms with E-state index in [9.17, 15) is 0 Å². The number of nitrogen functional groups attached to an aromatic ring is 1. The average Bonchev–Trinajstić information content (AvgIpc) is 2.87. The van der Waals surface area contributed by atoms with Crippen molar-refractivity contribution in [1.82, 2.24) is 9.97 Å². The lowest BCUT2D eigenvalue weighted by atomic mass is 10.2. The van der Waals surface area contributed by atoms with Crippen LogP contribution in [-0.2, 0) is 0 Å². The lowest BCUT2D eigenvalue weighted by Gasteiger charge is -2.04. The molecule has 0 unspecified atom stereocenters. The van der Waals surface area contributed by atoms with Gasteiger partial charge in [0.05, 0.1) is 7.11 Å². The molecule has 0 aromatic carbocycles. The average molecular weight is 165 g/mol. The van der Waals surface area contributed by atoms with Crippen molar-refractivity contribution >= 4 is 5.95 Å². The van der Waals surface area contributed by atoms with Crippen molar-refractivity contribution in [3.05, 3.63) is 11.8 Å². The molecule has 0 aliphatic heterocycles. The maximum absolute atomic E-state index is 5.42. The van der Waals surface area contributed by atoms with Crippen LogP contribution >= 0.6 is 0 Å². The van der Waals surface area contributed by atoms with E-state index in [0.29, 0.717) is 11.8 Å². The van der Waals surface area contributed by atoms with E-state index in [2.05, 4.69) is 9.97 Å². The van der Waals surface area contributed by atoms with Crippen LogP contribution in [0.4, 0.5) is 5.95 Å². The van der Waals surface area contributed by atoms with E-state index in [4.69, 9.17) is 10.5 Å². The molecule has 0 amide bonds. The normalized spacial score (nSPS) is 16.1. The Morgan fingerprint density at radius 3 is 2.92 bits per heavy atom. The molecule has 2 rings (SSSR count). The van der Waals surface area contributed by atoms with Gasteiger partial charge in [-0.3, -0.25) is 0 Å². The highest BCUT2D eigenvalue weighted by Gasteiger charge is 2.27. The first-order chi connectivity index (χ1) is 5.81. The second kappa shape index (κ2) is 2.62. The van der Waals surface area contributed by atoms with E-state index < -0.39 is 0 Å². The molecular weight excluding hydrogens is 154 g/mol. The van der Waals surface area contributed by atoms with Crippen LogP contribution < -0.4 is 10.5 Å². The molecule has 1 aromatic heterocycles. The predicted molar refractivity (Wildman–Crippen MR) is 45.0 cm³/mol. The minimum absolute atomic E-state index is 0.274. The molecule has 0 spiro atoms. The van der Waals surface area contributed by atoms with Crippen LogP contribution in [0.5, 0.6) is 5.88 Å². The summed E-state index contributed by atoms with van der Waals surface area (Å²) in [5.41, 5.74) is 6.51. The van der Waals surface area contributed by atoms with Gasteiger partial charge in [-0.2, -0.15) is 4.98 Å². The van der Waals surface area contributed by atoms with Crippen molar-refractivity contribution in [2.75, 3.05) is 12.8 Å². The molecule has 0 saturated heterocycles. The molecule has 1 fully saturated rings. The highest BCUT2D eigenvalue weighted by Crippen LogP contribution is 2.43. The van der Waals surface area contributed by atoms with Crippen LogP contribution in [-0.4, -0.2) is 17.1 Å². The molecule has 1 aliphatic rings. The van der Waals surface area contributed by atoms with Gasteiger partial charge < -0.3 is 10.5 Å². The monoisotopic (exact) mass is 165 g/mol. The van der Waals surface area contributed by atoms with E-state index in [1.54, 1.807) is 13.3 Å². The van der Waals surface area contributed by atoms with Crippen LogP contribution in [0.25, 0.3) is 0 Å². The van der Waals surface area contributed by atoms with Crippen molar-refractivity contribution in [2.45, 2.75) is 18.8 Å². The number of aromatic nitrogens is 2. The zero-order valence-corrected chi connectivity index (χ0v) is 6.95. The molecular formula is C8H11N3O. The maximum atomic E-state index is 5.42. The number of methoxy groups -OCH3 is 1. The Morgan fingerprint density at radius 2 is 2.33 bits per heavy atom. The maximum Gasteiger partial charge on any atom is 0.223 e. The third-order valence-electron chi connectivity index (χ3n) is 2.01. The summed E-state index contributed by atoms with van der Waals surface area (Å²) in [6, 6.07) is 0. The van der Waals surface area contributed by atoms with Crippen LogP contribution in [0, 0.1) is 0 Å². The quantitative estimate of drug-likeness (QED) is 0.708. The molecule has 4 nitrogen and oxygen atoms in total. The predicted octanol–water partition coefficient (Wildman–Crippen LogP) is 0.945. The van der Waals surface area contributed by atoms with E-state index in [1.807, 2.05) is 0 Å². The molecule has 2 N–H and O–H groups in total. The van der Waals surface area contributed by atoms with Crippen LogP contribution in [0.15, 0.2) is 6.20 Å². The number of anilines is 1. The van der Waals surface area contributed by atoms with Gasteiger partial charge in [-0.15, -0.1) is 0 Å². The number of hydrogen-bond acceptors (Lipinski definition) is 4. The largest absolute Gasteiger partial charge is 0.481 e. The van der Waals surface area contributed by atoms with E-state index in [0.717, 1.165) is 5.56 Å². The molecule has 1 heterocycles. The van der Waals surface area contributed by atoms with Gasteiger partial charge >= 0.3 is 0 Å². The molecule has 0 radical (unpaired) electrons. The first kappa shape index (κ1) is 7.34. The summed E-state index contributed by atoms with van der Waals surface area (Å²) in [5.74, 6) is 1.50. The van der Waals surface area contributed by atoms with Crippen molar-refractivity contribution in [1.29, 1.82) is 0 Å². The molecule has 1 aliphatic carbocycles. The fourth-order valence-electron chi connectivity index (χ4n) is 1.23. The van der Waals surface area contributed by atoms with Gasteiger partial charge in [-0.05, 0) is 18.8 Å². The number of rotatable bonds is 2. The topological polar surface area (TPSA) is 61.0 Å². The Kier molecular flexibility index (Phi) is 1.60. The lowest BCUT2D eigenvalue weighted by molar-refractivity contribution is 0.392. The van der Waals surface area contributed by atoms with E-state index in [-0.39, 0.29) is 5.95 Å². The Labute approximate surface area is 70.8 Å². The number of ether oxygens (including phenoxy) is 1. The van der Waals surface area contributed by atoms with Crippen LogP contribution in [0.2, 0.25) is 0 Å². The van der Waals surface area contributed by atoms with Gasteiger partial charge in [0.1, 0.15) is 0 Å². The molecule has 0 atom stereocenters. The second-order valence-corrected chi connectivity index (χ2v) is 2.97. The number of hydrogen-bond donors (Lipinski definition) is 1. The fourth-order valence-corrected chi connectivity index (χ4v) is 1.23. The lowest BCUT2D eigenvalue weighted by Crippen LogP contribution is -2.00. The summed E-state index contributed by atoms with van der Waals surface area (Å²) in [7, 11) is 1.60. The molecule has 1 aromatic rings. The Bertz CT molecular complexity index is 296. The number of nitrogens with two attached hydrogens (primary N) is 1. The molecule has 64 valence electrons. The summed E-state index contributed by atoms with van der Waals surface area (Å²) in [4.78, 5) is 7.93. The summed E-state index contributed by atoms with van der Waals surface area (Å²) < 4.78 is 5.10. The first-order valence-corrected chi connectivity index (χ1v) is 3.97. The third-order valence-corrected chi connectivity index (χ3v) is 2.01. The van der Waals surface area contributed by atoms with Crippen molar-refractivity contribution < 1.29 is 4.74 Å². The third kappa shape index (κ3) is 1.20. The SMILES string of the molecule is COc1nc(N)ncc1C1CC1. The van der Waals surface area contributed by atoms with Gasteiger partial charge in [-0.1, -0.05) is 0 Å². The second-order valence-electron chi connectivity index (χ2n) is 2.97. The molecule has 1 saturated carbocycles. The van der Waals surface area contributed by atoms with Gasteiger partial charge in [-0.25, -0.2) is 4.98 Å². The Balaban J connectivity index is 2.38. The standard InChI is InChI=1S/C8H11N3O/c1-12-7-6(5-2-3-5)4-10-8(9)11-7/h4-5H,2-3H2,1H3,(H2,9,10,11). The fraction of sp³-hybridized carbons (Fsp3) is 0.500. The zero-order valence-electron chi connectivity index (χ0n) is 6.95. The highest BCUT2D eigenvalue weighted by molar-refractivity contribution is 5.34. The summed E-state index contributed by atoms with van der Waals surface area (Å²) >= 11 is 0. The van der Waals surface area contributed by atoms with Gasteiger partial charge in [0.15, 0.2) is 0 Å². The van der Waals surface area contributed by atoms with E-state index in [1.165, 1.54) is 12.8 Å². The molecule has 4 heteroatoms. The highest BCUT2D eigenvalue weighted by atomic mass is 16.5. The molecule has 12 heavy (non-hydrogen) atoms. The van der Waals surface area contributed by atoms with Crippen LogP contribution in [0.3, 0.4) is 0 Å². The Morgan fingerprint density at radius 1 is 1.58 bits per heavy atom. The van der Waals surface area contributed by atoms with Crippen LogP contribution in [0.1, 0.15) is 24.3 Å². The first-order valence-electron chi connectivity index (χ1n) is 3.97. The van der Waals surface area contributed by atoms with E-state index >= 15 is 0 Å². The summed E-state index contributed by atoms with van der Waals surface area (Å²) in [6.07, 6.45) is 4.19. The van der Waals surface area contributed by atoms with Crippen molar-refractivity contribution in [3.8, 4) is 5.88 Å². The van der Waals surface area contributed by atoms with Crippen molar-refractivity contribution in [2.24, 2.45) is 0 Å². The smallest absolute Gasteiger partial charge is 0.223 e. The zero-order chi connectivity index (χ0) is 8.55. The minimum Gasteiger partial charge on any atom is -0.481 e. The molecule has 0 bridgehead atoms. The van der Waals surface area contributed by atoms with Gasteiger partial charge in [0.2, 0.25) is 11.8 Å². The van der Waals surface area contributed by atoms with Crippen molar-refractivity contribution in [3.63, 3.8) is 0 Å². The minimum atomic E-state index is 0.274. The van der Waals surface area contributed by atoms with Gasteiger partial charge in [0.25, 0.3) is 0 Å². The van der Waals surface area contributed by atoms with Gasteiger partial charge in [0, 0.05) is 11.8 Å².